The topological polar surface area (TPSA) is 57.7 Å². The molecule has 1 amide bonds. The summed E-state index contributed by atoms with van der Waals surface area (Å²) in [5.41, 5.74) is 0.541. The molecule has 2 aromatic carbocycles. The maximum atomic E-state index is 13.5. The third kappa shape index (κ3) is 4.85. The number of nitrogens with zero attached hydrogens (tertiary/aromatic N) is 3. The van der Waals surface area contributed by atoms with Gasteiger partial charge in [0.1, 0.15) is 17.3 Å². The average molecular weight is 432 g/mol. The number of piperazine rings is 1. The molecular formula is C21H22F2N4O2S. The summed E-state index contributed by atoms with van der Waals surface area (Å²) in [6, 6.07) is 11.5. The van der Waals surface area contributed by atoms with Crippen LogP contribution in [-0.4, -0.2) is 55.3 Å². The van der Waals surface area contributed by atoms with Crippen molar-refractivity contribution in [3.63, 3.8) is 0 Å². The summed E-state index contributed by atoms with van der Waals surface area (Å²) >= 11 is 1.71. The first-order valence-corrected chi connectivity index (χ1v) is 10.6. The molecule has 1 aliphatic rings. The predicted molar refractivity (Wildman–Crippen MR) is 114 cm³/mol. The number of benzene rings is 2. The van der Waals surface area contributed by atoms with E-state index in [-0.39, 0.29) is 6.61 Å². The van der Waals surface area contributed by atoms with Gasteiger partial charge in [0, 0.05) is 32.7 Å². The minimum Gasteiger partial charge on any atom is -0.449 e. The Balaban J connectivity index is 1.17. The molecule has 1 saturated heterocycles. The van der Waals surface area contributed by atoms with Gasteiger partial charge in [-0.05, 0) is 30.7 Å². The van der Waals surface area contributed by atoms with E-state index in [9.17, 15) is 13.6 Å². The minimum atomic E-state index is -0.861. The van der Waals surface area contributed by atoms with Crippen molar-refractivity contribution in [2.75, 3.05) is 49.5 Å². The lowest BCUT2D eigenvalue weighted by Crippen LogP contribution is -2.46. The standard InChI is InChI=1S/C21H22F2N4O2S/c22-15-5-3-6-16(23)19(15)25-21(28)29-14-4-9-26-10-12-27(13-11-26)20-24-17-7-1-2-8-18(17)30-20/h1-3,5-8H,4,9-14H2,(H,25,28). The first-order valence-electron chi connectivity index (χ1n) is 9.81. The maximum Gasteiger partial charge on any atom is 0.411 e. The number of hydrogen-bond acceptors (Lipinski definition) is 6. The van der Waals surface area contributed by atoms with E-state index in [4.69, 9.17) is 9.72 Å². The van der Waals surface area contributed by atoms with E-state index in [1.807, 2.05) is 18.2 Å². The molecule has 4 rings (SSSR count). The van der Waals surface area contributed by atoms with Crippen LogP contribution in [0.5, 0.6) is 0 Å². The van der Waals surface area contributed by atoms with E-state index >= 15 is 0 Å². The van der Waals surface area contributed by atoms with E-state index in [1.165, 1.54) is 10.8 Å². The largest absolute Gasteiger partial charge is 0.449 e. The van der Waals surface area contributed by atoms with Gasteiger partial charge in [0.05, 0.1) is 16.8 Å². The van der Waals surface area contributed by atoms with Crippen LogP contribution < -0.4 is 10.2 Å². The maximum absolute atomic E-state index is 13.5. The fraction of sp³-hybridized carbons (Fsp3) is 0.333. The fourth-order valence-electron chi connectivity index (χ4n) is 3.37. The van der Waals surface area contributed by atoms with Crippen molar-refractivity contribution < 1.29 is 18.3 Å². The van der Waals surface area contributed by atoms with Crippen molar-refractivity contribution in [1.29, 1.82) is 0 Å². The van der Waals surface area contributed by atoms with Crippen LogP contribution in [0.25, 0.3) is 10.2 Å². The molecule has 0 spiro atoms. The van der Waals surface area contributed by atoms with E-state index in [2.05, 4.69) is 21.2 Å². The van der Waals surface area contributed by atoms with Crippen LogP contribution in [0.4, 0.5) is 24.4 Å². The molecule has 0 saturated carbocycles. The van der Waals surface area contributed by atoms with Crippen LogP contribution in [0, 0.1) is 11.6 Å². The van der Waals surface area contributed by atoms with Crippen LogP contribution in [0.15, 0.2) is 42.5 Å². The Labute approximate surface area is 177 Å². The number of para-hydroxylation sites is 2. The number of rotatable bonds is 6. The summed E-state index contributed by atoms with van der Waals surface area (Å²) in [6.07, 6.45) is -0.214. The zero-order valence-electron chi connectivity index (χ0n) is 16.3. The summed E-state index contributed by atoms with van der Waals surface area (Å²) in [6.45, 7) is 4.57. The quantitative estimate of drug-likeness (QED) is 0.588. The SMILES string of the molecule is O=C(Nc1c(F)cccc1F)OCCCN1CCN(c2nc3ccccc3s2)CC1. The summed E-state index contributed by atoms with van der Waals surface area (Å²) < 4.78 is 33.3. The molecule has 9 heteroatoms. The van der Waals surface area contributed by atoms with Crippen LogP contribution in [-0.2, 0) is 4.74 Å². The molecule has 158 valence electrons. The van der Waals surface area contributed by atoms with Crippen LogP contribution in [0.2, 0.25) is 0 Å². The van der Waals surface area contributed by atoms with E-state index in [1.54, 1.807) is 11.3 Å². The van der Waals surface area contributed by atoms with E-state index < -0.39 is 23.4 Å². The Morgan fingerprint density at radius 3 is 2.53 bits per heavy atom. The minimum absolute atomic E-state index is 0.181. The molecule has 1 aliphatic heterocycles. The Hall–Kier alpha value is -2.78. The van der Waals surface area contributed by atoms with Gasteiger partial charge in [-0.2, -0.15) is 0 Å². The van der Waals surface area contributed by atoms with Crippen LogP contribution >= 0.6 is 11.3 Å². The van der Waals surface area contributed by atoms with Gasteiger partial charge in [-0.25, -0.2) is 18.6 Å². The Bertz CT molecular complexity index is 968. The van der Waals surface area contributed by atoms with Crippen molar-refractivity contribution in [2.24, 2.45) is 0 Å². The van der Waals surface area contributed by atoms with Gasteiger partial charge in [0.15, 0.2) is 5.13 Å². The Kier molecular flexibility index (Phi) is 6.39. The van der Waals surface area contributed by atoms with Crippen molar-refractivity contribution in [3.8, 4) is 0 Å². The lowest BCUT2D eigenvalue weighted by molar-refractivity contribution is 0.150. The summed E-state index contributed by atoms with van der Waals surface area (Å²) in [4.78, 5) is 21.1. The van der Waals surface area contributed by atoms with Gasteiger partial charge >= 0.3 is 6.09 Å². The molecule has 3 aromatic rings. The third-order valence-corrected chi connectivity index (χ3v) is 6.06. The number of carbonyl (C=O) groups is 1. The van der Waals surface area contributed by atoms with Gasteiger partial charge in [-0.15, -0.1) is 0 Å². The number of anilines is 2. The van der Waals surface area contributed by atoms with Crippen molar-refractivity contribution in [1.82, 2.24) is 9.88 Å². The molecule has 1 N–H and O–H groups in total. The summed E-state index contributed by atoms with van der Waals surface area (Å²) in [5.74, 6) is -1.67. The second-order valence-electron chi connectivity index (χ2n) is 7.00. The molecule has 0 aliphatic carbocycles. The highest BCUT2D eigenvalue weighted by molar-refractivity contribution is 7.22. The zero-order chi connectivity index (χ0) is 20.9. The number of halogens is 2. The molecule has 30 heavy (non-hydrogen) atoms. The highest BCUT2D eigenvalue weighted by Gasteiger charge is 2.19. The number of hydrogen-bond donors (Lipinski definition) is 1. The lowest BCUT2D eigenvalue weighted by atomic mass is 10.3. The highest BCUT2D eigenvalue weighted by Crippen LogP contribution is 2.29. The number of amides is 1. The first-order chi connectivity index (χ1) is 14.6. The van der Waals surface area contributed by atoms with Gasteiger partial charge in [-0.1, -0.05) is 29.5 Å². The van der Waals surface area contributed by atoms with Crippen LogP contribution in [0.1, 0.15) is 6.42 Å². The molecular weight excluding hydrogens is 410 g/mol. The van der Waals surface area contributed by atoms with Crippen molar-refractivity contribution in [2.45, 2.75) is 6.42 Å². The second-order valence-corrected chi connectivity index (χ2v) is 8.01. The van der Waals surface area contributed by atoms with Gasteiger partial charge in [-0.3, -0.25) is 10.2 Å². The number of nitrogens with one attached hydrogen (secondary N) is 1. The number of ether oxygens (including phenoxy) is 1. The summed E-state index contributed by atoms with van der Waals surface area (Å²) in [5, 5.41) is 3.17. The molecule has 1 aromatic heterocycles. The molecule has 0 radical (unpaired) electrons. The molecule has 6 nitrogen and oxygen atoms in total. The smallest absolute Gasteiger partial charge is 0.411 e. The average Bonchev–Trinajstić information content (AvgIpc) is 3.19. The zero-order valence-corrected chi connectivity index (χ0v) is 17.1. The lowest BCUT2D eigenvalue weighted by Gasteiger charge is -2.34. The molecule has 0 unspecified atom stereocenters. The van der Waals surface area contributed by atoms with Crippen molar-refractivity contribution >= 4 is 38.5 Å². The van der Waals surface area contributed by atoms with Crippen LogP contribution in [0.3, 0.4) is 0 Å². The number of thiazole rings is 1. The molecule has 2 heterocycles. The third-order valence-electron chi connectivity index (χ3n) is 4.97. The molecule has 0 atom stereocenters. The van der Waals surface area contributed by atoms with Crippen molar-refractivity contribution in [3.05, 3.63) is 54.1 Å². The number of fused-ring (bicyclic) bond motifs is 1. The van der Waals surface area contributed by atoms with E-state index in [0.29, 0.717) is 6.42 Å². The molecule has 0 bridgehead atoms. The normalized spacial score (nSPS) is 14.8. The number of aromatic nitrogens is 1. The molecule has 1 fully saturated rings. The Morgan fingerprint density at radius 1 is 1.07 bits per heavy atom. The van der Waals surface area contributed by atoms with E-state index in [0.717, 1.165) is 55.5 Å². The van der Waals surface area contributed by atoms with Gasteiger partial charge < -0.3 is 9.64 Å². The van der Waals surface area contributed by atoms with Gasteiger partial charge in [0.2, 0.25) is 0 Å². The second kappa shape index (κ2) is 9.36. The monoisotopic (exact) mass is 432 g/mol. The first kappa shape index (κ1) is 20.5. The predicted octanol–water partition coefficient (Wildman–Crippen LogP) is 4.34. The van der Waals surface area contributed by atoms with Gasteiger partial charge in [0.25, 0.3) is 0 Å². The highest BCUT2D eigenvalue weighted by atomic mass is 32.1. The fourth-order valence-corrected chi connectivity index (χ4v) is 4.38. The summed E-state index contributed by atoms with van der Waals surface area (Å²) in [7, 11) is 0. The Morgan fingerprint density at radius 2 is 1.80 bits per heavy atom. The number of carbonyl (C=O) groups excluding carboxylic acids is 1.